The van der Waals surface area contributed by atoms with Gasteiger partial charge in [0.1, 0.15) is 6.04 Å². The molecule has 1 amide bonds. The lowest BCUT2D eigenvalue weighted by molar-refractivity contribution is -0.132. The summed E-state index contributed by atoms with van der Waals surface area (Å²) in [6.45, 7) is 6.17. The van der Waals surface area contributed by atoms with Crippen molar-refractivity contribution >= 4 is 21.4 Å². The van der Waals surface area contributed by atoms with Crippen LogP contribution in [0.1, 0.15) is 45.1 Å². The molecule has 2 rings (SSSR count). The normalized spacial score (nSPS) is 21.9. The average Bonchev–Trinajstić information content (AvgIpc) is 2.93. The molecule has 1 aliphatic heterocycles. The fourth-order valence-electron chi connectivity index (χ4n) is 3.02. The number of amides is 1. The molecule has 0 saturated carbocycles. The number of likely N-dealkylation sites (N-methyl/N-ethyl adjacent to an activating group) is 1. The van der Waals surface area contributed by atoms with Gasteiger partial charge in [-0.25, -0.2) is 8.42 Å². The highest BCUT2D eigenvalue weighted by molar-refractivity contribution is 7.91. The molecule has 1 aromatic carbocycles. The van der Waals surface area contributed by atoms with Gasteiger partial charge < -0.3 is 10.2 Å². The van der Waals surface area contributed by atoms with Gasteiger partial charge in [0.15, 0.2) is 9.84 Å². The largest absolute Gasteiger partial charge is 0.374 e. The smallest absolute Gasteiger partial charge is 0.244 e. The lowest BCUT2D eigenvalue weighted by Gasteiger charge is -2.27. The molecule has 24 heavy (non-hydrogen) atoms. The third kappa shape index (κ3) is 4.50. The first-order valence-corrected chi connectivity index (χ1v) is 10.4. The van der Waals surface area contributed by atoms with Crippen LogP contribution in [0.3, 0.4) is 0 Å². The van der Waals surface area contributed by atoms with Crippen LogP contribution in [-0.4, -0.2) is 49.9 Å². The Labute approximate surface area is 145 Å². The van der Waals surface area contributed by atoms with Gasteiger partial charge >= 0.3 is 0 Å². The van der Waals surface area contributed by atoms with Gasteiger partial charge in [-0.15, -0.1) is 0 Å². The van der Waals surface area contributed by atoms with Crippen LogP contribution >= 0.6 is 0 Å². The Hall–Kier alpha value is -1.56. The fourth-order valence-corrected chi connectivity index (χ4v) is 4.80. The summed E-state index contributed by atoms with van der Waals surface area (Å²) in [4.78, 5) is 14.1. The number of hydrogen-bond donors (Lipinski definition) is 1. The second-order valence-electron chi connectivity index (χ2n) is 6.80. The number of carbonyl (C=O) groups excluding carboxylic acids is 1. The summed E-state index contributed by atoms with van der Waals surface area (Å²) < 4.78 is 23.2. The van der Waals surface area contributed by atoms with Crippen molar-refractivity contribution in [2.75, 3.05) is 23.9 Å². The summed E-state index contributed by atoms with van der Waals surface area (Å²) in [7, 11) is -1.30. The number of carbonyl (C=O) groups is 1. The van der Waals surface area contributed by atoms with E-state index in [1.165, 1.54) is 5.56 Å². The standard InChI is InChI=1S/C18H28N2O3S/c1-5-13(2)15-6-8-16(9-7-15)19-14(3)18(21)20(4)17-10-11-24(22,23)12-17/h6-9,13-14,17,19H,5,10-12H2,1-4H3/t13-,14+,17+/m0/s1. The molecule has 1 aromatic rings. The second-order valence-corrected chi connectivity index (χ2v) is 9.03. The molecular formula is C18H28N2O3S. The van der Waals surface area contributed by atoms with Crippen LogP contribution in [0.25, 0.3) is 0 Å². The summed E-state index contributed by atoms with van der Waals surface area (Å²) in [5, 5.41) is 3.21. The molecule has 5 nitrogen and oxygen atoms in total. The molecule has 3 atom stereocenters. The molecule has 1 aliphatic rings. The maximum atomic E-state index is 12.5. The Kier molecular flexibility index (Phi) is 5.91. The molecule has 0 aromatic heterocycles. The Morgan fingerprint density at radius 1 is 1.29 bits per heavy atom. The predicted molar refractivity (Wildman–Crippen MR) is 98.1 cm³/mol. The maximum Gasteiger partial charge on any atom is 0.244 e. The van der Waals surface area contributed by atoms with Crippen LogP contribution in [0.5, 0.6) is 0 Å². The Morgan fingerprint density at radius 2 is 1.92 bits per heavy atom. The van der Waals surface area contributed by atoms with E-state index in [-0.39, 0.29) is 23.5 Å². The van der Waals surface area contributed by atoms with Crippen molar-refractivity contribution in [2.45, 2.75) is 51.6 Å². The van der Waals surface area contributed by atoms with Crippen molar-refractivity contribution in [2.24, 2.45) is 0 Å². The first-order valence-electron chi connectivity index (χ1n) is 8.57. The monoisotopic (exact) mass is 352 g/mol. The number of rotatable bonds is 6. The van der Waals surface area contributed by atoms with Crippen LogP contribution in [0.15, 0.2) is 24.3 Å². The quantitative estimate of drug-likeness (QED) is 0.855. The molecule has 0 aliphatic carbocycles. The van der Waals surface area contributed by atoms with Gasteiger partial charge in [-0.2, -0.15) is 0 Å². The van der Waals surface area contributed by atoms with E-state index in [0.717, 1.165) is 12.1 Å². The highest BCUT2D eigenvalue weighted by Gasteiger charge is 2.34. The lowest BCUT2D eigenvalue weighted by atomic mass is 9.98. The predicted octanol–water partition coefficient (Wildman–Crippen LogP) is 2.65. The Balaban J connectivity index is 1.96. The highest BCUT2D eigenvalue weighted by Crippen LogP contribution is 2.21. The second kappa shape index (κ2) is 7.55. The first kappa shape index (κ1) is 18.8. The van der Waals surface area contributed by atoms with E-state index in [2.05, 4.69) is 31.3 Å². The molecule has 0 spiro atoms. The number of sulfone groups is 1. The molecule has 1 N–H and O–H groups in total. The Bertz CT molecular complexity index is 670. The number of anilines is 1. The third-order valence-corrected chi connectivity index (χ3v) is 6.70. The molecule has 1 fully saturated rings. The molecule has 0 bridgehead atoms. The molecule has 134 valence electrons. The summed E-state index contributed by atoms with van der Waals surface area (Å²) in [6, 6.07) is 7.55. The van der Waals surface area contributed by atoms with Crippen molar-refractivity contribution in [3.05, 3.63) is 29.8 Å². The van der Waals surface area contributed by atoms with Crippen LogP contribution in [0.2, 0.25) is 0 Å². The highest BCUT2D eigenvalue weighted by atomic mass is 32.2. The van der Waals surface area contributed by atoms with Gasteiger partial charge in [0.2, 0.25) is 5.91 Å². The minimum Gasteiger partial charge on any atom is -0.374 e. The number of nitrogens with one attached hydrogen (secondary N) is 1. The van der Waals surface area contributed by atoms with Crippen LogP contribution in [0.4, 0.5) is 5.69 Å². The van der Waals surface area contributed by atoms with E-state index in [4.69, 9.17) is 0 Å². The van der Waals surface area contributed by atoms with Gasteiger partial charge in [0, 0.05) is 18.8 Å². The van der Waals surface area contributed by atoms with Gasteiger partial charge in [-0.05, 0) is 43.4 Å². The van der Waals surface area contributed by atoms with E-state index < -0.39 is 15.9 Å². The summed E-state index contributed by atoms with van der Waals surface area (Å²) in [5.41, 5.74) is 2.19. The first-order chi connectivity index (χ1) is 11.2. The van der Waals surface area contributed by atoms with E-state index in [1.807, 2.05) is 19.1 Å². The lowest BCUT2D eigenvalue weighted by Crippen LogP contribution is -2.45. The summed E-state index contributed by atoms with van der Waals surface area (Å²) in [6.07, 6.45) is 1.62. The molecule has 1 saturated heterocycles. The van der Waals surface area contributed by atoms with Crippen molar-refractivity contribution < 1.29 is 13.2 Å². The van der Waals surface area contributed by atoms with Gasteiger partial charge in [-0.3, -0.25) is 4.79 Å². The van der Waals surface area contributed by atoms with Crippen molar-refractivity contribution in [3.8, 4) is 0 Å². The molecular weight excluding hydrogens is 324 g/mol. The van der Waals surface area contributed by atoms with Crippen molar-refractivity contribution in [1.29, 1.82) is 0 Å². The minimum atomic E-state index is -2.99. The van der Waals surface area contributed by atoms with Crippen molar-refractivity contribution in [3.63, 3.8) is 0 Å². The number of hydrogen-bond acceptors (Lipinski definition) is 4. The maximum absolute atomic E-state index is 12.5. The number of nitrogens with zero attached hydrogens (tertiary/aromatic N) is 1. The third-order valence-electron chi connectivity index (χ3n) is 4.95. The summed E-state index contributed by atoms with van der Waals surface area (Å²) in [5.74, 6) is 0.691. The zero-order valence-electron chi connectivity index (χ0n) is 15.0. The van der Waals surface area contributed by atoms with Crippen LogP contribution in [0, 0.1) is 0 Å². The SMILES string of the molecule is CC[C@H](C)c1ccc(N[C@H](C)C(=O)N(C)[C@@H]2CCS(=O)(=O)C2)cc1. The van der Waals surface area contributed by atoms with E-state index in [1.54, 1.807) is 11.9 Å². The van der Waals surface area contributed by atoms with Crippen LogP contribution < -0.4 is 5.32 Å². The van der Waals surface area contributed by atoms with Crippen LogP contribution in [-0.2, 0) is 14.6 Å². The average molecular weight is 353 g/mol. The van der Waals surface area contributed by atoms with E-state index in [0.29, 0.717) is 12.3 Å². The fraction of sp³-hybridized carbons (Fsp3) is 0.611. The molecule has 1 heterocycles. The molecule has 0 unspecified atom stereocenters. The van der Waals surface area contributed by atoms with Gasteiger partial charge in [0.25, 0.3) is 0 Å². The zero-order valence-corrected chi connectivity index (χ0v) is 15.8. The Morgan fingerprint density at radius 3 is 2.42 bits per heavy atom. The minimum absolute atomic E-state index is 0.0750. The number of benzene rings is 1. The van der Waals surface area contributed by atoms with E-state index >= 15 is 0 Å². The zero-order chi connectivity index (χ0) is 17.9. The topological polar surface area (TPSA) is 66.5 Å². The van der Waals surface area contributed by atoms with Crippen molar-refractivity contribution in [1.82, 2.24) is 4.90 Å². The van der Waals surface area contributed by atoms with Gasteiger partial charge in [-0.1, -0.05) is 26.0 Å². The summed E-state index contributed by atoms with van der Waals surface area (Å²) >= 11 is 0. The molecule has 6 heteroatoms. The van der Waals surface area contributed by atoms with Gasteiger partial charge in [0.05, 0.1) is 11.5 Å². The molecule has 0 radical (unpaired) electrons. The van der Waals surface area contributed by atoms with E-state index in [9.17, 15) is 13.2 Å².